The van der Waals surface area contributed by atoms with Gasteiger partial charge in [-0.15, -0.1) is 0 Å². The van der Waals surface area contributed by atoms with Crippen LogP contribution in [0.3, 0.4) is 0 Å². The number of nitrogen functional groups attached to an aromatic ring is 1. The molecule has 138 valence electrons. The summed E-state index contributed by atoms with van der Waals surface area (Å²) in [5.74, 6) is 0.334. The molecule has 27 heavy (non-hydrogen) atoms. The van der Waals surface area contributed by atoms with E-state index in [1.165, 1.54) is 0 Å². The minimum Gasteiger partial charge on any atom is -0.507 e. The van der Waals surface area contributed by atoms with Gasteiger partial charge in [0.2, 0.25) is 5.95 Å². The molecular weight excluding hydrogens is 346 g/mol. The number of benzene rings is 2. The molecule has 0 unspecified atom stereocenters. The van der Waals surface area contributed by atoms with Crippen molar-refractivity contribution in [1.29, 1.82) is 0 Å². The third kappa shape index (κ3) is 4.33. The van der Waals surface area contributed by atoms with E-state index in [-0.39, 0.29) is 18.3 Å². The zero-order valence-corrected chi connectivity index (χ0v) is 14.8. The molecule has 0 saturated carbocycles. The van der Waals surface area contributed by atoms with Crippen molar-refractivity contribution in [2.24, 2.45) is 0 Å². The van der Waals surface area contributed by atoms with E-state index in [2.05, 4.69) is 9.97 Å². The summed E-state index contributed by atoms with van der Waals surface area (Å²) >= 11 is 0. The van der Waals surface area contributed by atoms with Crippen molar-refractivity contribution in [3.05, 3.63) is 54.7 Å². The number of phenols is 1. The fourth-order valence-electron chi connectivity index (χ4n) is 2.56. The first-order valence-corrected chi connectivity index (χ1v) is 8.38. The van der Waals surface area contributed by atoms with Crippen LogP contribution in [0.25, 0.3) is 22.4 Å². The van der Waals surface area contributed by atoms with Crippen molar-refractivity contribution < 1.29 is 19.4 Å². The molecule has 3 aromatic rings. The van der Waals surface area contributed by atoms with Gasteiger partial charge in [0.15, 0.2) is 6.61 Å². The molecule has 0 atom stereocenters. The number of carbonyl (C=O) groups is 1. The normalized spacial score (nSPS) is 10.4. The second kappa shape index (κ2) is 8.18. The minimum atomic E-state index is -0.421. The number of para-hydroxylation sites is 1. The van der Waals surface area contributed by atoms with Gasteiger partial charge in [-0.2, -0.15) is 0 Å². The van der Waals surface area contributed by atoms with E-state index in [0.717, 1.165) is 5.56 Å². The molecule has 7 heteroatoms. The Morgan fingerprint density at radius 1 is 1.11 bits per heavy atom. The summed E-state index contributed by atoms with van der Waals surface area (Å²) in [5.41, 5.74) is 8.36. The van der Waals surface area contributed by atoms with Gasteiger partial charge in [0.05, 0.1) is 12.3 Å². The van der Waals surface area contributed by atoms with E-state index < -0.39 is 5.97 Å². The second-order valence-electron chi connectivity index (χ2n) is 5.63. The number of ether oxygens (including phenoxy) is 2. The Balaban J connectivity index is 1.89. The number of aromatic nitrogens is 2. The third-order valence-electron chi connectivity index (χ3n) is 3.79. The molecular formula is C20H19N3O4. The van der Waals surface area contributed by atoms with Crippen molar-refractivity contribution >= 4 is 11.9 Å². The Hall–Kier alpha value is -3.61. The summed E-state index contributed by atoms with van der Waals surface area (Å²) in [6.07, 6.45) is 1.61. The van der Waals surface area contributed by atoms with E-state index in [9.17, 15) is 9.90 Å². The average Bonchev–Trinajstić information content (AvgIpc) is 2.67. The maximum absolute atomic E-state index is 11.4. The highest BCUT2D eigenvalue weighted by Gasteiger charge is 2.14. The van der Waals surface area contributed by atoms with Crippen LogP contribution in [-0.4, -0.2) is 34.3 Å². The summed E-state index contributed by atoms with van der Waals surface area (Å²) in [4.78, 5) is 19.7. The quantitative estimate of drug-likeness (QED) is 0.646. The molecule has 7 nitrogen and oxygen atoms in total. The fourth-order valence-corrected chi connectivity index (χ4v) is 2.56. The van der Waals surface area contributed by atoms with Gasteiger partial charge in [-0.05, 0) is 36.8 Å². The van der Waals surface area contributed by atoms with Crippen LogP contribution in [0.4, 0.5) is 5.95 Å². The fraction of sp³-hybridized carbons (Fsp3) is 0.150. The van der Waals surface area contributed by atoms with Gasteiger partial charge in [-0.3, -0.25) is 0 Å². The Labute approximate surface area is 156 Å². The molecule has 0 radical (unpaired) electrons. The van der Waals surface area contributed by atoms with E-state index in [0.29, 0.717) is 29.2 Å². The van der Waals surface area contributed by atoms with E-state index in [1.54, 1.807) is 43.5 Å². The highest BCUT2D eigenvalue weighted by molar-refractivity contribution is 5.83. The smallest absolute Gasteiger partial charge is 0.344 e. The van der Waals surface area contributed by atoms with Crippen LogP contribution < -0.4 is 10.5 Å². The first kappa shape index (κ1) is 18.2. The molecule has 1 heterocycles. The Kier molecular flexibility index (Phi) is 5.51. The van der Waals surface area contributed by atoms with Crippen molar-refractivity contribution in [1.82, 2.24) is 9.97 Å². The highest BCUT2D eigenvalue weighted by atomic mass is 16.6. The Morgan fingerprint density at radius 3 is 2.56 bits per heavy atom. The monoisotopic (exact) mass is 365 g/mol. The molecule has 3 N–H and O–H groups in total. The molecule has 1 aromatic heterocycles. The zero-order valence-electron chi connectivity index (χ0n) is 14.8. The SMILES string of the molecule is CCOC(=O)COc1ccc(-c2cnc(N)nc2-c2ccccc2O)cc1. The maximum Gasteiger partial charge on any atom is 0.344 e. The number of esters is 1. The predicted molar refractivity (Wildman–Crippen MR) is 101 cm³/mol. The van der Waals surface area contributed by atoms with Crippen LogP contribution in [0.15, 0.2) is 54.7 Å². The molecule has 0 saturated heterocycles. The standard InChI is InChI=1S/C20H19N3O4/c1-2-26-18(25)12-27-14-9-7-13(8-10-14)16-11-22-20(21)23-19(16)15-5-3-4-6-17(15)24/h3-11,24H,2,12H2,1H3,(H2,21,22,23). The summed E-state index contributed by atoms with van der Waals surface area (Å²) < 4.78 is 10.2. The highest BCUT2D eigenvalue weighted by Crippen LogP contribution is 2.35. The van der Waals surface area contributed by atoms with Gasteiger partial charge < -0.3 is 20.3 Å². The number of aromatic hydroxyl groups is 1. The van der Waals surface area contributed by atoms with Gasteiger partial charge in [-0.25, -0.2) is 14.8 Å². The molecule has 0 spiro atoms. The zero-order chi connectivity index (χ0) is 19.2. The van der Waals surface area contributed by atoms with Crippen molar-refractivity contribution in [2.75, 3.05) is 18.9 Å². The van der Waals surface area contributed by atoms with Gasteiger partial charge in [0.25, 0.3) is 0 Å². The number of anilines is 1. The molecule has 0 aliphatic carbocycles. The summed E-state index contributed by atoms with van der Waals surface area (Å²) in [5, 5.41) is 10.2. The van der Waals surface area contributed by atoms with Gasteiger partial charge in [0, 0.05) is 17.3 Å². The summed E-state index contributed by atoms with van der Waals surface area (Å²) in [6.45, 7) is 1.90. The van der Waals surface area contributed by atoms with Crippen LogP contribution in [0.1, 0.15) is 6.92 Å². The van der Waals surface area contributed by atoms with Gasteiger partial charge >= 0.3 is 5.97 Å². The van der Waals surface area contributed by atoms with E-state index >= 15 is 0 Å². The van der Waals surface area contributed by atoms with Crippen LogP contribution in [-0.2, 0) is 9.53 Å². The number of hydrogen-bond acceptors (Lipinski definition) is 7. The van der Waals surface area contributed by atoms with E-state index in [4.69, 9.17) is 15.2 Å². The van der Waals surface area contributed by atoms with Crippen molar-refractivity contribution in [3.8, 4) is 33.9 Å². The second-order valence-corrected chi connectivity index (χ2v) is 5.63. The van der Waals surface area contributed by atoms with Crippen LogP contribution in [0.2, 0.25) is 0 Å². The van der Waals surface area contributed by atoms with E-state index in [1.807, 2.05) is 18.2 Å². The lowest BCUT2D eigenvalue weighted by Crippen LogP contribution is -2.14. The molecule has 0 amide bonds. The van der Waals surface area contributed by atoms with Gasteiger partial charge in [0.1, 0.15) is 11.5 Å². The Morgan fingerprint density at radius 2 is 1.85 bits per heavy atom. The number of nitrogens with two attached hydrogens (primary N) is 1. The lowest BCUT2D eigenvalue weighted by molar-refractivity contribution is -0.145. The predicted octanol–water partition coefficient (Wildman–Crippen LogP) is 3.04. The van der Waals surface area contributed by atoms with Gasteiger partial charge in [-0.1, -0.05) is 24.3 Å². The van der Waals surface area contributed by atoms with Crippen molar-refractivity contribution in [2.45, 2.75) is 6.92 Å². The molecule has 2 aromatic carbocycles. The largest absolute Gasteiger partial charge is 0.507 e. The molecule has 0 aliphatic rings. The lowest BCUT2D eigenvalue weighted by atomic mass is 10.00. The van der Waals surface area contributed by atoms with Crippen LogP contribution in [0.5, 0.6) is 11.5 Å². The summed E-state index contributed by atoms with van der Waals surface area (Å²) in [6, 6.07) is 14.0. The number of hydrogen-bond donors (Lipinski definition) is 2. The summed E-state index contributed by atoms with van der Waals surface area (Å²) in [7, 11) is 0. The average molecular weight is 365 g/mol. The third-order valence-corrected chi connectivity index (χ3v) is 3.79. The maximum atomic E-state index is 11.4. The molecule has 3 rings (SSSR count). The van der Waals surface area contributed by atoms with Crippen LogP contribution >= 0.6 is 0 Å². The first-order chi connectivity index (χ1) is 13.1. The lowest BCUT2D eigenvalue weighted by Gasteiger charge is -2.11. The number of nitrogens with zero attached hydrogens (tertiary/aromatic N) is 2. The number of phenolic OH excluding ortho intramolecular Hbond substituents is 1. The number of carbonyl (C=O) groups excluding carboxylic acids is 1. The van der Waals surface area contributed by atoms with Crippen molar-refractivity contribution in [3.63, 3.8) is 0 Å². The molecule has 0 fully saturated rings. The number of rotatable bonds is 6. The topological polar surface area (TPSA) is 108 Å². The minimum absolute atomic E-state index is 0.103. The first-order valence-electron chi connectivity index (χ1n) is 8.38. The molecule has 0 bridgehead atoms. The molecule has 0 aliphatic heterocycles. The van der Waals surface area contributed by atoms with Crippen LogP contribution in [0, 0.1) is 0 Å². The Bertz CT molecular complexity index is 942.